The Hall–Kier alpha value is -3.08. The molecule has 0 radical (unpaired) electrons. The lowest BCUT2D eigenvalue weighted by Crippen LogP contribution is -2.43. The maximum Gasteiger partial charge on any atom is 0.243 e. The molecule has 1 unspecified atom stereocenters. The van der Waals surface area contributed by atoms with Gasteiger partial charge < -0.3 is 5.32 Å². The van der Waals surface area contributed by atoms with Gasteiger partial charge in [0.25, 0.3) is 0 Å². The number of carbonyl (C=O) groups excluding carboxylic acids is 1. The van der Waals surface area contributed by atoms with Gasteiger partial charge in [-0.15, -0.1) is 11.3 Å². The number of nitrogens with one attached hydrogen (secondary N) is 1. The van der Waals surface area contributed by atoms with Gasteiger partial charge in [0.2, 0.25) is 15.9 Å². The summed E-state index contributed by atoms with van der Waals surface area (Å²) < 4.78 is 42.3. The van der Waals surface area contributed by atoms with Crippen molar-refractivity contribution in [3.05, 3.63) is 72.1 Å². The molecule has 5 rings (SSSR count). The second-order valence-corrected chi connectivity index (χ2v) is 10.8. The number of aromatic nitrogens is 2. The van der Waals surface area contributed by atoms with E-state index < -0.39 is 21.8 Å². The third kappa shape index (κ3) is 4.41. The van der Waals surface area contributed by atoms with Gasteiger partial charge in [-0.2, -0.15) is 4.31 Å². The molecule has 1 fully saturated rings. The Morgan fingerprint density at radius 3 is 2.61 bits per heavy atom. The van der Waals surface area contributed by atoms with E-state index in [9.17, 15) is 17.6 Å². The number of thiazole rings is 1. The van der Waals surface area contributed by atoms with Crippen molar-refractivity contribution in [1.82, 2.24) is 13.7 Å². The highest BCUT2D eigenvalue weighted by molar-refractivity contribution is 7.89. The van der Waals surface area contributed by atoms with Crippen LogP contribution < -0.4 is 5.32 Å². The number of nitrogens with zero attached hydrogens (tertiary/aromatic N) is 3. The molecular formula is C23H21FN4O3S2. The zero-order valence-electron chi connectivity index (χ0n) is 17.5. The van der Waals surface area contributed by atoms with Crippen molar-refractivity contribution in [2.24, 2.45) is 5.92 Å². The zero-order chi connectivity index (χ0) is 23.0. The van der Waals surface area contributed by atoms with E-state index in [-0.39, 0.29) is 17.3 Å². The lowest BCUT2D eigenvalue weighted by molar-refractivity contribution is -0.120. The van der Waals surface area contributed by atoms with Crippen molar-refractivity contribution >= 4 is 37.9 Å². The standard InChI is InChI=1S/C23H21FN4O3S2/c24-18-5-9-20(10-6-18)33(30,31)28-11-1-2-17(14-28)22(29)25-19-7-3-16(4-8-19)21-15-27-12-13-32-23(27)26-21/h3-10,12-13,15,17H,1-2,11,14H2,(H,25,29). The Morgan fingerprint density at radius 2 is 1.88 bits per heavy atom. The summed E-state index contributed by atoms with van der Waals surface area (Å²) in [5, 5.41) is 4.87. The summed E-state index contributed by atoms with van der Waals surface area (Å²) in [6.45, 7) is 0.426. The molecule has 1 saturated heterocycles. The van der Waals surface area contributed by atoms with Crippen LogP contribution in [0.2, 0.25) is 0 Å². The largest absolute Gasteiger partial charge is 0.326 e. The summed E-state index contributed by atoms with van der Waals surface area (Å²) in [6, 6.07) is 12.2. The van der Waals surface area contributed by atoms with Crippen LogP contribution in [0.4, 0.5) is 10.1 Å². The van der Waals surface area contributed by atoms with Gasteiger partial charge >= 0.3 is 0 Å². The van der Waals surface area contributed by atoms with Crippen LogP contribution in [-0.4, -0.2) is 41.1 Å². The van der Waals surface area contributed by atoms with Crippen LogP contribution in [0.5, 0.6) is 0 Å². The Labute approximate surface area is 194 Å². The Balaban J connectivity index is 1.25. The van der Waals surface area contributed by atoms with Crippen molar-refractivity contribution in [3.63, 3.8) is 0 Å². The van der Waals surface area contributed by atoms with Crippen molar-refractivity contribution in [2.45, 2.75) is 17.7 Å². The molecule has 1 N–H and O–H groups in total. The molecule has 10 heteroatoms. The molecule has 0 aliphatic carbocycles. The van der Waals surface area contributed by atoms with Crippen molar-refractivity contribution in [3.8, 4) is 11.3 Å². The summed E-state index contributed by atoms with van der Waals surface area (Å²) in [5.74, 6) is -1.18. The number of benzene rings is 2. The molecule has 2 aromatic carbocycles. The molecule has 1 aliphatic heterocycles. The molecule has 0 spiro atoms. The van der Waals surface area contributed by atoms with Gasteiger partial charge in [0, 0.05) is 42.1 Å². The highest BCUT2D eigenvalue weighted by atomic mass is 32.2. The van der Waals surface area contributed by atoms with Gasteiger partial charge in [-0.3, -0.25) is 9.20 Å². The number of halogens is 1. The smallest absolute Gasteiger partial charge is 0.243 e. The maximum absolute atomic E-state index is 13.2. The van der Waals surface area contributed by atoms with E-state index >= 15 is 0 Å². The summed E-state index contributed by atoms with van der Waals surface area (Å²) in [5.41, 5.74) is 2.44. The first kappa shape index (κ1) is 21.7. The molecule has 170 valence electrons. The predicted octanol–water partition coefficient (Wildman–Crippen LogP) is 4.24. The SMILES string of the molecule is O=C(Nc1ccc(-c2cn3ccsc3n2)cc1)C1CCCN(S(=O)(=O)c2ccc(F)cc2)C1. The number of piperidine rings is 1. The molecule has 1 aliphatic rings. The van der Waals surface area contributed by atoms with Crippen molar-refractivity contribution in [1.29, 1.82) is 0 Å². The van der Waals surface area contributed by atoms with Crippen molar-refractivity contribution < 1.29 is 17.6 Å². The van der Waals surface area contributed by atoms with Crippen LogP contribution in [0.1, 0.15) is 12.8 Å². The van der Waals surface area contributed by atoms with Crippen LogP contribution in [0, 0.1) is 11.7 Å². The predicted molar refractivity (Wildman–Crippen MR) is 125 cm³/mol. The highest BCUT2D eigenvalue weighted by Gasteiger charge is 2.33. The van der Waals surface area contributed by atoms with E-state index in [0.717, 1.165) is 28.4 Å². The molecule has 7 nitrogen and oxygen atoms in total. The van der Waals surface area contributed by atoms with Crippen LogP contribution >= 0.6 is 11.3 Å². The van der Waals surface area contributed by atoms with E-state index in [1.165, 1.54) is 16.4 Å². The number of fused-ring (bicyclic) bond motifs is 1. The molecule has 33 heavy (non-hydrogen) atoms. The average Bonchev–Trinajstić information content (AvgIpc) is 3.43. The van der Waals surface area contributed by atoms with E-state index in [1.54, 1.807) is 11.3 Å². The van der Waals surface area contributed by atoms with E-state index in [1.807, 2.05) is 46.4 Å². The zero-order valence-corrected chi connectivity index (χ0v) is 19.2. The number of anilines is 1. The van der Waals surface area contributed by atoms with E-state index in [0.29, 0.717) is 25.1 Å². The number of hydrogen-bond donors (Lipinski definition) is 1. The third-order valence-electron chi connectivity index (χ3n) is 5.75. The second-order valence-electron chi connectivity index (χ2n) is 7.94. The van der Waals surface area contributed by atoms with E-state index in [4.69, 9.17) is 0 Å². The molecule has 3 heterocycles. The molecule has 0 saturated carbocycles. The normalized spacial score (nSPS) is 17.3. The summed E-state index contributed by atoms with van der Waals surface area (Å²) in [4.78, 5) is 18.4. The summed E-state index contributed by atoms with van der Waals surface area (Å²) in [7, 11) is -3.78. The number of carbonyl (C=O) groups is 1. The Kier molecular flexibility index (Phi) is 5.73. The van der Waals surface area contributed by atoms with Gasteiger partial charge in [0.1, 0.15) is 5.82 Å². The van der Waals surface area contributed by atoms with Gasteiger partial charge in [-0.05, 0) is 49.2 Å². The highest BCUT2D eigenvalue weighted by Crippen LogP contribution is 2.26. The first-order valence-corrected chi connectivity index (χ1v) is 12.8. The van der Waals surface area contributed by atoms with Crippen LogP contribution in [0.25, 0.3) is 16.2 Å². The summed E-state index contributed by atoms with van der Waals surface area (Å²) >= 11 is 1.56. The van der Waals surface area contributed by atoms with Gasteiger partial charge in [-0.25, -0.2) is 17.8 Å². The molecule has 1 amide bonds. The molecular weight excluding hydrogens is 463 g/mol. The first-order chi connectivity index (χ1) is 15.9. The number of hydrogen-bond acceptors (Lipinski definition) is 5. The van der Waals surface area contributed by atoms with Gasteiger partial charge in [0.05, 0.1) is 16.5 Å². The topological polar surface area (TPSA) is 83.8 Å². The van der Waals surface area contributed by atoms with Gasteiger partial charge in [-0.1, -0.05) is 12.1 Å². The number of amides is 1. The summed E-state index contributed by atoms with van der Waals surface area (Å²) in [6.07, 6.45) is 5.09. The van der Waals surface area contributed by atoms with Crippen LogP contribution in [-0.2, 0) is 14.8 Å². The fourth-order valence-electron chi connectivity index (χ4n) is 3.97. The van der Waals surface area contributed by atoms with E-state index in [2.05, 4.69) is 10.3 Å². The average molecular weight is 485 g/mol. The number of imidazole rings is 1. The van der Waals surface area contributed by atoms with Gasteiger partial charge in [0.15, 0.2) is 4.96 Å². The number of sulfonamides is 1. The maximum atomic E-state index is 13.2. The first-order valence-electron chi connectivity index (χ1n) is 10.5. The lowest BCUT2D eigenvalue weighted by Gasteiger charge is -2.31. The fraction of sp³-hybridized carbons (Fsp3) is 0.217. The van der Waals surface area contributed by atoms with Crippen LogP contribution in [0.15, 0.2) is 71.2 Å². The van der Waals surface area contributed by atoms with Crippen LogP contribution in [0.3, 0.4) is 0 Å². The molecule has 2 aromatic heterocycles. The lowest BCUT2D eigenvalue weighted by atomic mass is 9.98. The molecule has 1 atom stereocenters. The minimum absolute atomic E-state index is 0.0275. The minimum Gasteiger partial charge on any atom is -0.326 e. The third-order valence-corrected chi connectivity index (χ3v) is 8.40. The molecule has 4 aromatic rings. The Morgan fingerprint density at radius 1 is 1.12 bits per heavy atom. The second kappa shape index (κ2) is 8.69. The minimum atomic E-state index is -3.78. The Bertz CT molecular complexity index is 1370. The monoisotopic (exact) mass is 484 g/mol. The number of rotatable bonds is 5. The molecule has 0 bridgehead atoms. The fourth-order valence-corrected chi connectivity index (χ4v) is 6.19. The quantitative estimate of drug-likeness (QED) is 0.459. The van der Waals surface area contributed by atoms with Crippen molar-refractivity contribution in [2.75, 3.05) is 18.4 Å².